The quantitative estimate of drug-likeness (QED) is 0.645. The fraction of sp³-hybridized carbons (Fsp3) is 1.00. The predicted octanol–water partition coefficient (Wildman–Crippen LogP) is -0.552. The third-order valence-electron chi connectivity index (χ3n) is 3.47. The minimum atomic E-state index is 0.518. The molecular formula is C10H18N2O2. The molecule has 0 radical (unpaired) electrons. The van der Waals surface area contributed by atoms with Gasteiger partial charge in [-0.1, -0.05) is 0 Å². The van der Waals surface area contributed by atoms with E-state index in [0.717, 1.165) is 39.5 Å². The average Bonchev–Trinajstić information content (AvgIpc) is 2.81. The summed E-state index contributed by atoms with van der Waals surface area (Å²) in [6.07, 6.45) is 1.76. The summed E-state index contributed by atoms with van der Waals surface area (Å²) >= 11 is 0. The monoisotopic (exact) mass is 198 g/mol. The van der Waals surface area contributed by atoms with Gasteiger partial charge in [-0.15, -0.1) is 0 Å². The summed E-state index contributed by atoms with van der Waals surface area (Å²) in [6, 6.07) is 1.21. The number of morpholine rings is 2. The van der Waals surface area contributed by atoms with Gasteiger partial charge in [-0.05, 0) is 6.42 Å². The highest BCUT2D eigenvalue weighted by Gasteiger charge is 2.39. The second-order valence-electron chi connectivity index (χ2n) is 4.52. The van der Waals surface area contributed by atoms with Gasteiger partial charge in [0.25, 0.3) is 0 Å². The second-order valence-corrected chi connectivity index (χ2v) is 4.52. The number of rotatable bonds is 2. The van der Waals surface area contributed by atoms with Crippen LogP contribution >= 0.6 is 0 Å². The SMILES string of the molecule is C1COCC(CN2CC3CC2CO3)N1. The molecule has 3 atom stereocenters. The molecule has 3 aliphatic rings. The van der Waals surface area contributed by atoms with Gasteiger partial charge in [-0.25, -0.2) is 0 Å². The zero-order valence-electron chi connectivity index (χ0n) is 8.45. The van der Waals surface area contributed by atoms with Crippen molar-refractivity contribution in [3.8, 4) is 0 Å². The molecule has 1 N–H and O–H groups in total. The van der Waals surface area contributed by atoms with Crippen LogP contribution in [-0.4, -0.2) is 62.5 Å². The van der Waals surface area contributed by atoms with E-state index in [2.05, 4.69) is 10.2 Å². The Kier molecular flexibility index (Phi) is 2.45. The number of hydrogen-bond donors (Lipinski definition) is 1. The zero-order chi connectivity index (χ0) is 9.38. The fourth-order valence-electron chi connectivity index (χ4n) is 2.72. The molecule has 80 valence electrons. The molecule has 3 fully saturated rings. The predicted molar refractivity (Wildman–Crippen MR) is 52.3 cm³/mol. The first-order valence-corrected chi connectivity index (χ1v) is 5.58. The summed E-state index contributed by atoms with van der Waals surface area (Å²) in [5, 5.41) is 3.50. The number of nitrogens with zero attached hydrogens (tertiary/aromatic N) is 1. The van der Waals surface area contributed by atoms with Crippen LogP contribution in [0.1, 0.15) is 6.42 Å². The topological polar surface area (TPSA) is 33.7 Å². The Balaban J connectivity index is 1.52. The summed E-state index contributed by atoms with van der Waals surface area (Å²) in [5.41, 5.74) is 0. The van der Waals surface area contributed by atoms with Crippen LogP contribution in [0.3, 0.4) is 0 Å². The summed E-state index contributed by atoms with van der Waals surface area (Å²) < 4.78 is 11.0. The highest BCUT2D eigenvalue weighted by Crippen LogP contribution is 2.27. The van der Waals surface area contributed by atoms with Crippen molar-refractivity contribution < 1.29 is 9.47 Å². The van der Waals surface area contributed by atoms with Gasteiger partial charge in [-0.2, -0.15) is 0 Å². The van der Waals surface area contributed by atoms with Crippen LogP contribution in [0.15, 0.2) is 0 Å². The lowest BCUT2D eigenvalue weighted by Gasteiger charge is -2.32. The lowest BCUT2D eigenvalue weighted by Crippen LogP contribution is -2.51. The van der Waals surface area contributed by atoms with E-state index in [1.54, 1.807) is 0 Å². The zero-order valence-corrected chi connectivity index (χ0v) is 8.45. The highest BCUT2D eigenvalue weighted by atomic mass is 16.5. The number of fused-ring (bicyclic) bond motifs is 2. The number of likely N-dealkylation sites (tertiary alicyclic amines) is 1. The molecule has 3 heterocycles. The molecular weight excluding hydrogens is 180 g/mol. The maximum absolute atomic E-state index is 5.58. The lowest BCUT2D eigenvalue weighted by molar-refractivity contribution is 0.0109. The van der Waals surface area contributed by atoms with E-state index in [-0.39, 0.29) is 0 Å². The highest BCUT2D eigenvalue weighted by molar-refractivity contribution is 4.93. The molecule has 3 unspecified atom stereocenters. The van der Waals surface area contributed by atoms with Crippen LogP contribution in [0.25, 0.3) is 0 Å². The molecule has 0 spiro atoms. The van der Waals surface area contributed by atoms with Crippen LogP contribution < -0.4 is 5.32 Å². The van der Waals surface area contributed by atoms with Crippen LogP contribution in [0.4, 0.5) is 0 Å². The Morgan fingerprint density at radius 2 is 2.36 bits per heavy atom. The molecule has 3 aliphatic heterocycles. The van der Waals surface area contributed by atoms with Crippen LogP contribution in [-0.2, 0) is 9.47 Å². The molecule has 3 saturated heterocycles. The first-order chi connectivity index (χ1) is 6.92. The van der Waals surface area contributed by atoms with Gasteiger partial charge in [0.1, 0.15) is 0 Å². The Labute approximate surface area is 84.5 Å². The molecule has 0 amide bonds. The largest absolute Gasteiger partial charge is 0.378 e. The van der Waals surface area contributed by atoms with Crippen molar-refractivity contribution in [3.63, 3.8) is 0 Å². The molecule has 0 saturated carbocycles. The summed E-state index contributed by atoms with van der Waals surface area (Å²) in [7, 11) is 0. The van der Waals surface area contributed by atoms with Crippen molar-refractivity contribution in [2.45, 2.75) is 24.6 Å². The summed E-state index contributed by atoms with van der Waals surface area (Å²) in [4.78, 5) is 2.56. The summed E-state index contributed by atoms with van der Waals surface area (Å²) in [5.74, 6) is 0. The van der Waals surface area contributed by atoms with Crippen molar-refractivity contribution >= 4 is 0 Å². The standard InChI is InChI=1S/C10H18N2O2/c1-2-13-6-8(11-1)4-12-5-10-3-9(12)7-14-10/h8-11H,1-7H2. The van der Waals surface area contributed by atoms with Crippen molar-refractivity contribution in [1.29, 1.82) is 0 Å². The van der Waals surface area contributed by atoms with Crippen LogP contribution in [0, 0.1) is 0 Å². The Hall–Kier alpha value is -0.160. The first kappa shape index (κ1) is 9.09. The second kappa shape index (κ2) is 3.77. The maximum Gasteiger partial charge on any atom is 0.0718 e. The van der Waals surface area contributed by atoms with E-state index in [1.807, 2.05) is 0 Å². The summed E-state index contributed by atoms with van der Waals surface area (Å²) in [6.45, 7) is 5.94. The Morgan fingerprint density at radius 3 is 3.00 bits per heavy atom. The number of nitrogens with one attached hydrogen (secondary N) is 1. The van der Waals surface area contributed by atoms with E-state index in [0.29, 0.717) is 18.2 Å². The lowest BCUT2D eigenvalue weighted by atomic mass is 10.2. The molecule has 0 aromatic carbocycles. The Bertz CT molecular complexity index is 206. The molecule has 0 aromatic rings. The molecule has 14 heavy (non-hydrogen) atoms. The van der Waals surface area contributed by atoms with Gasteiger partial charge in [0.05, 0.1) is 25.9 Å². The Morgan fingerprint density at radius 1 is 1.36 bits per heavy atom. The minimum Gasteiger partial charge on any atom is -0.378 e. The minimum absolute atomic E-state index is 0.518. The first-order valence-electron chi connectivity index (χ1n) is 5.58. The van der Waals surface area contributed by atoms with Gasteiger partial charge >= 0.3 is 0 Å². The van der Waals surface area contributed by atoms with Crippen molar-refractivity contribution in [3.05, 3.63) is 0 Å². The van der Waals surface area contributed by atoms with Gasteiger partial charge in [-0.3, -0.25) is 4.90 Å². The van der Waals surface area contributed by atoms with E-state index in [1.165, 1.54) is 6.42 Å². The molecule has 3 rings (SSSR count). The normalized spacial score (nSPS) is 43.3. The molecule has 0 aromatic heterocycles. The molecule has 4 heteroatoms. The third-order valence-corrected chi connectivity index (χ3v) is 3.47. The van der Waals surface area contributed by atoms with Gasteiger partial charge in [0.15, 0.2) is 0 Å². The van der Waals surface area contributed by atoms with Crippen molar-refractivity contribution in [2.24, 2.45) is 0 Å². The smallest absolute Gasteiger partial charge is 0.0718 e. The van der Waals surface area contributed by atoms with E-state index >= 15 is 0 Å². The fourth-order valence-corrected chi connectivity index (χ4v) is 2.72. The van der Waals surface area contributed by atoms with Gasteiger partial charge in [0, 0.05) is 31.7 Å². The number of hydrogen-bond acceptors (Lipinski definition) is 4. The maximum atomic E-state index is 5.58. The van der Waals surface area contributed by atoms with Gasteiger partial charge in [0.2, 0.25) is 0 Å². The molecule has 0 aliphatic carbocycles. The van der Waals surface area contributed by atoms with E-state index in [9.17, 15) is 0 Å². The third kappa shape index (κ3) is 1.67. The van der Waals surface area contributed by atoms with Crippen LogP contribution in [0.5, 0.6) is 0 Å². The molecule has 2 bridgehead atoms. The van der Waals surface area contributed by atoms with Crippen LogP contribution in [0.2, 0.25) is 0 Å². The van der Waals surface area contributed by atoms with E-state index < -0.39 is 0 Å². The van der Waals surface area contributed by atoms with E-state index in [4.69, 9.17) is 9.47 Å². The van der Waals surface area contributed by atoms with Crippen molar-refractivity contribution in [2.75, 3.05) is 39.5 Å². The number of ether oxygens (including phenoxy) is 2. The van der Waals surface area contributed by atoms with Gasteiger partial charge < -0.3 is 14.8 Å². The van der Waals surface area contributed by atoms with Crippen molar-refractivity contribution in [1.82, 2.24) is 10.2 Å². The molecule has 4 nitrogen and oxygen atoms in total. The average molecular weight is 198 g/mol.